The minimum Gasteiger partial charge on any atom is -0.359 e. The van der Waals surface area contributed by atoms with Gasteiger partial charge < -0.3 is 10.2 Å². The lowest BCUT2D eigenvalue weighted by molar-refractivity contribution is -0.123. The van der Waals surface area contributed by atoms with E-state index in [9.17, 15) is 4.79 Å². The number of benzene rings is 1. The summed E-state index contributed by atoms with van der Waals surface area (Å²) in [5, 5.41) is 3.77. The molecule has 6 heteroatoms. The number of halogens is 1. The molecule has 1 amide bonds. The second-order valence-electron chi connectivity index (χ2n) is 4.73. The second kappa shape index (κ2) is 6.05. The number of carbonyl (C=O) groups is 1. The fraction of sp³-hybridized carbons (Fsp3) is 0.357. The lowest BCUT2D eigenvalue weighted by atomic mass is 10.1. The van der Waals surface area contributed by atoms with Gasteiger partial charge in [0, 0.05) is 26.0 Å². The largest absolute Gasteiger partial charge is 0.359 e. The molecule has 0 aliphatic rings. The van der Waals surface area contributed by atoms with Crippen LogP contribution < -0.4 is 10.2 Å². The first-order valence-corrected chi connectivity index (χ1v) is 6.75. The fourth-order valence-corrected chi connectivity index (χ4v) is 2.32. The van der Waals surface area contributed by atoms with Crippen LogP contribution in [0.15, 0.2) is 24.3 Å². The number of carbonyl (C=O) groups excluding carboxylic acids is 1. The third kappa shape index (κ3) is 2.99. The van der Waals surface area contributed by atoms with Gasteiger partial charge in [-0.05, 0) is 23.7 Å². The smallest absolute Gasteiger partial charge is 0.224 e. The fourth-order valence-electron chi connectivity index (χ4n) is 2.15. The Kier molecular flexibility index (Phi) is 4.39. The normalized spacial score (nSPS) is 12.2. The Bertz CT molecular complexity index is 632. The summed E-state index contributed by atoms with van der Waals surface area (Å²) in [6, 6.07) is 7.67. The summed E-state index contributed by atoms with van der Waals surface area (Å²) in [5.41, 5.74) is 0.793. The van der Waals surface area contributed by atoms with Crippen LogP contribution in [-0.4, -0.2) is 36.5 Å². The van der Waals surface area contributed by atoms with E-state index in [-0.39, 0.29) is 17.1 Å². The molecule has 0 radical (unpaired) electrons. The van der Waals surface area contributed by atoms with Gasteiger partial charge in [-0.3, -0.25) is 4.79 Å². The molecule has 1 heterocycles. The molecule has 2 rings (SSSR count). The van der Waals surface area contributed by atoms with Crippen molar-refractivity contribution in [2.75, 3.05) is 25.5 Å². The first-order valence-electron chi connectivity index (χ1n) is 6.38. The Balaban J connectivity index is 2.34. The number of hydrogen-bond acceptors (Lipinski definition) is 4. The van der Waals surface area contributed by atoms with E-state index in [1.807, 2.05) is 43.1 Å². The van der Waals surface area contributed by atoms with Crippen LogP contribution in [0, 0.1) is 5.92 Å². The highest BCUT2D eigenvalue weighted by molar-refractivity contribution is 6.28. The number of amides is 1. The molecule has 20 heavy (non-hydrogen) atoms. The van der Waals surface area contributed by atoms with Crippen molar-refractivity contribution < 1.29 is 4.79 Å². The summed E-state index contributed by atoms with van der Waals surface area (Å²) < 4.78 is 0. The molecule has 0 fully saturated rings. The summed E-state index contributed by atoms with van der Waals surface area (Å²) in [5.74, 6) is 0.593. The topological polar surface area (TPSA) is 58.1 Å². The molecule has 1 aromatic carbocycles. The van der Waals surface area contributed by atoms with Gasteiger partial charge in [-0.25, -0.2) is 4.98 Å². The zero-order valence-corrected chi connectivity index (χ0v) is 12.5. The van der Waals surface area contributed by atoms with Gasteiger partial charge in [0.1, 0.15) is 5.82 Å². The molecule has 2 aromatic rings. The van der Waals surface area contributed by atoms with Gasteiger partial charge in [0.2, 0.25) is 11.2 Å². The van der Waals surface area contributed by atoms with Crippen LogP contribution in [0.5, 0.6) is 0 Å². The van der Waals surface area contributed by atoms with Crippen molar-refractivity contribution in [2.24, 2.45) is 5.92 Å². The Morgan fingerprint density at radius 1 is 1.40 bits per heavy atom. The molecule has 1 atom stereocenters. The number of hydrogen-bond donors (Lipinski definition) is 1. The lowest BCUT2D eigenvalue weighted by Crippen LogP contribution is -2.34. The maximum absolute atomic E-state index is 11.6. The summed E-state index contributed by atoms with van der Waals surface area (Å²) in [6.07, 6.45) is 0. The van der Waals surface area contributed by atoms with Crippen LogP contribution in [0.4, 0.5) is 5.82 Å². The van der Waals surface area contributed by atoms with Crippen LogP contribution in [0.25, 0.3) is 10.9 Å². The SMILES string of the molecule is CNC(=O)C(C)CN(C)c1nc(Cl)nc2ccccc12. The Morgan fingerprint density at radius 2 is 2.10 bits per heavy atom. The second-order valence-corrected chi connectivity index (χ2v) is 5.07. The summed E-state index contributed by atoms with van der Waals surface area (Å²) >= 11 is 5.97. The molecule has 0 saturated heterocycles. The van der Waals surface area contributed by atoms with Crippen LogP contribution >= 0.6 is 11.6 Å². The van der Waals surface area contributed by atoms with Crippen molar-refractivity contribution in [3.63, 3.8) is 0 Å². The van der Waals surface area contributed by atoms with Gasteiger partial charge in [0.25, 0.3) is 0 Å². The predicted molar refractivity (Wildman–Crippen MR) is 81.0 cm³/mol. The molecule has 0 spiro atoms. The van der Waals surface area contributed by atoms with Gasteiger partial charge in [0.15, 0.2) is 0 Å². The molecule has 0 saturated carbocycles. The Hall–Kier alpha value is -1.88. The standard InChI is InChI=1S/C14H17ClN4O/c1-9(13(20)16-2)8-19(3)12-10-6-4-5-7-11(10)17-14(15)18-12/h4-7,9H,8H2,1-3H3,(H,16,20). The van der Waals surface area contributed by atoms with E-state index < -0.39 is 0 Å². The Morgan fingerprint density at radius 3 is 2.80 bits per heavy atom. The van der Waals surface area contributed by atoms with E-state index in [0.29, 0.717) is 6.54 Å². The highest BCUT2D eigenvalue weighted by Crippen LogP contribution is 2.24. The summed E-state index contributed by atoms with van der Waals surface area (Å²) in [6.45, 7) is 2.43. The van der Waals surface area contributed by atoms with Gasteiger partial charge in [-0.2, -0.15) is 4.98 Å². The van der Waals surface area contributed by atoms with Gasteiger partial charge in [0.05, 0.1) is 11.4 Å². The monoisotopic (exact) mass is 292 g/mol. The lowest BCUT2D eigenvalue weighted by Gasteiger charge is -2.22. The minimum absolute atomic E-state index is 0.00121. The van der Waals surface area contributed by atoms with E-state index in [1.165, 1.54) is 0 Å². The van der Waals surface area contributed by atoms with Crippen LogP contribution in [0.2, 0.25) is 5.28 Å². The zero-order chi connectivity index (χ0) is 14.7. The average molecular weight is 293 g/mol. The molecule has 0 aliphatic heterocycles. The highest BCUT2D eigenvalue weighted by Gasteiger charge is 2.17. The number of nitrogens with zero attached hydrogens (tertiary/aromatic N) is 3. The summed E-state index contributed by atoms with van der Waals surface area (Å²) in [4.78, 5) is 22.0. The minimum atomic E-state index is -0.141. The predicted octanol–water partition coefficient (Wildman–Crippen LogP) is 2.10. The molecule has 1 aromatic heterocycles. The molecule has 0 bridgehead atoms. The van der Waals surface area contributed by atoms with E-state index in [2.05, 4.69) is 15.3 Å². The Labute approximate surface area is 123 Å². The zero-order valence-electron chi connectivity index (χ0n) is 11.7. The number of fused-ring (bicyclic) bond motifs is 1. The molecule has 106 valence electrons. The number of para-hydroxylation sites is 1. The first-order chi connectivity index (χ1) is 9.52. The highest BCUT2D eigenvalue weighted by atomic mass is 35.5. The van der Waals surface area contributed by atoms with E-state index in [4.69, 9.17) is 11.6 Å². The van der Waals surface area contributed by atoms with Crippen molar-refractivity contribution >= 4 is 34.2 Å². The quantitative estimate of drug-likeness (QED) is 0.877. The maximum atomic E-state index is 11.6. The molecular formula is C14H17ClN4O. The number of rotatable bonds is 4. The number of aromatic nitrogens is 2. The number of nitrogens with one attached hydrogen (secondary N) is 1. The first kappa shape index (κ1) is 14.5. The maximum Gasteiger partial charge on any atom is 0.224 e. The average Bonchev–Trinajstić information content (AvgIpc) is 2.45. The van der Waals surface area contributed by atoms with Crippen molar-refractivity contribution in [3.05, 3.63) is 29.5 Å². The third-order valence-electron chi connectivity index (χ3n) is 3.16. The van der Waals surface area contributed by atoms with Crippen molar-refractivity contribution in [3.8, 4) is 0 Å². The van der Waals surface area contributed by atoms with Gasteiger partial charge in [-0.15, -0.1) is 0 Å². The van der Waals surface area contributed by atoms with Crippen LogP contribution in [-0.2, 0) is 4.79 Å². The molecular weight excluding hydrogens is 276 g/mol. The van der Waals surface area contributed by atoms with E-state index >= 15 is 0 Å². The van der Waals surface area contributed by atoms with Gasteiger partial charge in [-0.1, -0.05) is 19.1 Å². The third-order valence-corrected chi connectivity index (χ3v) is 3.33. The van der Waals surface area contributed by atoms with E-state index in [1.54, 1.807) is 7.05 Å². The van der Waals surface area contributed by atoms with Crippen molar-refractivity contribution in [1.29, 1.82) is 0 Å². The van der Waals surface area contributed by atoms with Crippen molar-refractivity contribution in [2.45, 2.75) is 6.92 Å². The van der Waals surface area contributed by atoms with Crippen LogP contribution in [0.3, 0.4) is 0 Å². The summed E-state index contributed by atoms with van der Waals surface area (Å²) in [7, 11) is 3.53. The molecule has 0 aliphatic carbocycles. The molecule has 1 unspecified atom stereocenters. The van der Waals surface area contributed by atoms with E-state index in [0.717, 1.165) is 16.7 Å². The van der Waals surface area contributed by atoms with Gasteiger partial charge >= 0.3 is 0 Å². The molecule has 5 nitrogen and oxygen atoms in total. The number of anilines is 1. The van der Waals surface area contributed by atoms with Crippen LogP contribution in [0.1, 0.15) is 6.92 Å². The van der Waals surface area contributed by atoms with Crippen molar-refractivity contribution in [1.82, 2.24) is 15.3 Å². The molecule has 1 N–H and O–H groups in total.